The first-order chi connectivity index (χ1) is 18.1. The maximum absolute atomic E-state index is 15.0. The number of esters is 2. The number of ether oxygens (including phenoxy) is 2. The van der Waals surface area contributed by atoms with Gasteiger partial charge in [-0.1, -0.05) is 35.3 Å². The molecule has 198 valence electrons. The Bertz CT molecular complexity index is 1660. The third-order valence-electron chi connectivity index (χ3n) is 5.69. The first-order valence-corrected chi connectivity index (χ1v) is 12.9. The van der Waals surface area contributed by atoms with Crippen LogP contribution in [-0.2, 0) is 14.3 Å². The smallest absolute Gasteiger partial charge is 0.338 e. The van der Waals surface area contributed by atoms with Crippen molar-refractivity contribution in [3.63, 3.8) is 0 Å². The number of nitrogens with two attached hydrogens (primary N) is 1. The largest absolute Gasteiger partial charge is 0.463 e. The van der Waals surface area contributed by atoms with Crippen molar-refractivity contribution >= 4 is 63.4 Å². The molecule has 3 aromatic rings. The van der Waals surface area contributed by atoms with Gasteiger partial charge in [0.1, 0.15) is 22.1 Å². The van der Waals surface area contributed by atoms with Gasteiger partial charge in [-0.3, -0.25) is 9.36 Å². The molecule has 0 saturated heterocycles. The third-order valence-corrected chi connectivity index (χ3v) is 7.64. The van der Waals surface area contributed by atoms with Gasteiger partial charge in [0.2, 0.25) is 0 Å². The Labute approximate surface area is 229 Å². The first-order valence-electron chi connectivity index (χ1n) is 11.3. The second-order valence-electron chi connectivity index (χ2n) is 7.91. The molecule has 0 fully saturated rings. The molecule has 1 aromatic heterocycles. The van der Waals surface area contributed by atoms with Crippen LogP contribution in [0.5, 0.6) is 0 Å². The molecule has 1 aliphatic heterocycles. The van der Waals surface area contributed by atoms with Gasteiger partial charge < -0.3 is 15.2 Å². The highest BCUT2D eigenvalue weighted by Crippen LogP contribution is 2.42. The zero-order valence-corrected chi connectivity index (χ0v) is 22.3. The van der Waals surface area contributed by atoms with Gasteiger partial charge in [-0.2, -0.15) is 0 Å². The minimum Gasteiger partial charge on any atom is -0.463 e. The van der Waals surface area contributed by atoms with Crippen molar-refractivity contribution in [3.05, 3.63) is 94.9 Å². The van der Waals surface area contributed by atoms with E-state index in [1.54, 1.807) is 13.8 Å². The summed E-state index contributed by atoms with van der Waals surface area (Å²) in [6, 6.07) is 7.79. The Hall–Kier alpha value is -3.47. The molecule has 0 aliphatic carbocycles. The van der Waals surface area contributed by atoms with Gasteiger partial charge in [-0.25, -0.2) is 18.4 Å². The summed E-state index contributed by atoms with van der Waals surface area (Å²) < 4.78 is 40.9. The fourth-order valence-electron chi connectivity index (χ4n) is 4.07. The van der Waals surface area contributed by atoms with Crippen molar-refractivity contribution < 1.29 is 27.8 Å². The number of carbonyl (C=O) groups excluding carboxylic acids is 2. The fraction of sp³-hybridized carbons (Fsp3) is 0.192. The summed E-state index contributed by atoms with van der Waals surface area (Å²) in [6.45, 7) is 3.21. The summed E-state index contributed by atoms with van der Waals surface area (Å²) in [5.41, 5.74) is 4.90. The number of nitrogens with zero attached hydrogens (tertiary/aromatic N) is 1. The van der Waals surface area contributed by atoms with Crippen LogP contribution in [0.4, 0.5) is 8.78 Å². The number of thiazole rings is 1. The summed E-state index contributed by atoms with van der Waals surface area (Å²) >= 11 is 13.8. The molecule has 2 aromatic carbocycles. The van der Waals surface area contributed by atoms with E-state index in [0.29, 0.717) is 0 Å². The standard InChI is InChI=1S/C26H20Cl2F2N2O5S/c1-3-36-25(34)12-7-5-9-15(29)13(12)11-17-23(33)32-22(31)20(26(35)37-4-2)19(21(28)24(32)38-17)18-14(27)8-6-10-16(18)30/h5-11,19H,3-4,31H2,1-2H3/b17-11-/t19-/m0/s1. The van der Waals surface area contributed by atoms with E-state index >= 15 is 4.39 Å². The lowest BCUT2D eigenvalue weighted by atomic mass is 9.88. The van der Waals surface area contributed by atoms with Crippen LogP contribution < -0.4 is 20.5 Å². The van der Waals surface area contributed by atoms with Crippen LogP contribution in [0.2, 0.25) is 5.02 Å². The van der Waals surface area contributed by atoms with E-state index in [2.05, 4.69) is 0 Å². The molecule has 4 rings (SSSR count). The van der Waals surface area contributed by atoms with E-state index in [0.717, 1.165) is 28.0 Å². The van der Waals surface area contributed by atoms with E-state index in [1.807, 2.05) is 0 Å². The van der Waals surface area contributed by atoms with E-state index in [9.17, 15) is 18.8 Å². The normalized spacial score (nSPS) is 15.5. The van der Waals surface area contributed by atoms with Gasteiger partial charge in [0.25, 0.3) is 5.56 Å². The number of aromatic nitrogens is 1. The monoisotopic (exact) mass is 580 g/mol. The van der Waals surface area contributed by atoms with Gasteiger partial charge in [0, 0.05) is 16.1 Å². The van der Waals surface area contributed by atoms with Crippen molar-refractivity contribution in [1.29, 1.82) is 0 Å². The molecule has 0 amide bonds. The molecular formula is C26H20Cl2F2N2O5S. The number of fused-ring (bicyclic) bond motifs is 1. The second-order valence-corrected chi connectivity index (χ2v) is 9.76. The summed E-state index contributed by atoms with van der Waals surface area (Å²) in [5, 5.41) is -0.137. The molecule has 1 atom stereocenters. The molecule has 0 unspecified atom stereocenters. The zero-order valence-electron chi connectivity index (χ0n) is 20.0. The lowest BCUT2D eigenvalue weighted by Crippen LogP contribution is -2.39. The minimum absolute atomic E-state index is 0.0210. The van der Waals surface area contributed by atoms with Crippen LogP contribution in [-0.4, -0.2) is 29.7 Å². The van der Waals surface area contributed by atoms with Gasteiger partial charge in [0.15, 0.2) is 0 Å². The molecule has 0 radical (unpaired) electrons. The van der Waals surface area contributed by atoms with Crippen molar-refractivity contribution in [1.82, 2.24) is 4.57 Å². The second kappa shape index (κ2) is 11.1. The zero-order chi connectivity index (χ0) is 27.7. The van der Waals surface area contributed by atoms with Crippen molar-refractivity contribution in [3.8, 4) is 0 Å². The first kappa shape index (κ1) is 27.6. The molecule has 2 heterocycles. The topological polar surface area (TPSA) is 101 Å². The molecule has 1 aliphatic rings. The Morgan fingerprint density at radius 1 is 1.05 bits per heavy atom. The highest BCUT2D eigenvalue weighted by molar-refractivity contribution is 7.08. The summed E-state index contributed by atoms with van der Waals surface area (Å²) in [7, 11) is 0. The quantitative estimate of drug-likeness (QED) is 0.446. The molecule has 0 spiro atoms. The maximum Gasteiger partial charge on any atom is 0.338 e. The van der Waals surface area contributed by atoms with Crippen LogP contribution in [0, 0.1) is 11.6 Å². The van der Waals surface area contributed by atoms with E-state index < -0.39 is 35.1 Å². The average Bonchev–Trinajstić information content (AvgIpc) is 3.20. The van der Waals surface area contributed by atoms with E-state index in [4.69, 9.17) is 38.4 Å². The predicted octanol–water partition coefficient (Wildman–Crippen LogP) is 3.68. The molecule has 38 heavy (non-hydrogen) atoms. The van der Waals surface area contributed by atoms with Crippen molar-refractivity contribution in [2.75, 3.05) is 13.2 Å². The number of benzene rings is 2. The number of carbonyl (C=O) groups is 2. The summed E-state index contributed by atoms with van der Waals surface area (Å²) in [6.07, 6.45) is 1.17. The Morgan fingerprint density at radius 3 is 2.34 bits per heavy atom. The molecular weight excluding hydrogens is 561 g/mol. The number of halogens is 4. The SMILES string of the molecule is CCOC(=O)C1=C(N)n2c(s/c(=C\c3c(F)cccc3C(=O)OCC)c2=O)=C(Cl)[C@H]1c1c(F)cccc1Cl. The highest BCUT2D eigenvalue weighted by atomic mass is 35.5. The number of hydrogen-bond acceptors (Lipinski definition) is 7. The number of rotatable bonds is 6. The Morgan fingerprint density at radius 2 is 1.68 bits per heavy atom. The number of hydrogen-bond donors (Lipinski definition) is 1. The summed E-state index contributed by atoms with van der Waals surface area (Å²) in [5.74, 6) is -4.83. The maximum atomic E-state index is 15.0. The third kappa shape index (κ3) is 4.75. The van der Waals surface area contributed by atoms with Gasteiger partial charge in [0.05, 0.1) is 39.8 Å². The van der Waals surface area contributed by atoms with Crippen LogP contribution in [0.15, 0.2) is 46.8 Å². The average molecular weight is 581 g/mol. The molecule has 0 saturated carbocycles. The van der Waals surface area contributed by atoms with Gasteiger partial charge >= 0.3 is 11.9 Å². The molecule has 12 heteroatoms. The lowest BCUT2D eigenvalue weighted by molar-refractivity contribution is -0.138. The highest BCUT2D eigenvalue weighted by Gasteiger charge is 2.38. The van der Waals surface area contributed by atoms with Gasteiger partial charge in [-0.15, -0.1) is 11.3 Å². The molecule has 0 bridgehead atoms. The summed E-state index contributed by atoms with van der Waals surface area (Å²) in [4.78, 5) is 38.8. The van der Waals surface area contributed by atoms with Gasteiger partial charge in [-0.05, 0) is 44.2 Å². The van der Waals surface area contributed by atoms with Crippen LogP contribution in [0.25, 0.3) is 16.9 Å². The Balaban J connectivity index is 2.06. The van der Waals surface area contributed by atoms with E-state index in [1.165, 1.54) is 30.3 Å². The predicted molar refractivity (Wildman–Crippen MR) is 141 cm³/mol. The van der Waals surface area contributed by atoms with Crippen LogP contribution in [0.1, 0.15) is 41.3 Å². The fourth-order valence-corrected chi connectivity index (χ4v) is 5.81. The van der Waals surface area contributed by atoms with Crippen molar-refractivity contribution in [2.24, 2.45) is 5.73 Å². The van der Waals surface area contributed by atoms with Crippen LogP contribution in [0.3, 0.4) is 0 Å². The Kier molecular flexibility index (Phi) is 8.05. The van der Waals surface area contributed by atoms with Crippen molar-refractivity contribution in [2.45, 2.75) is 19.8 Å². The van der Waals surface area contributed by atoms with Crippen LogP contribution >= 0.6 is 34.5 Å². The molecule has 2 N–H and O–H groups in total. The molecule has 7 nitrogen and oxygen atoms in total. The van der Waals surface area contributed by atoms with E-state index in [-0.39, 0.29) is 60.5 Å². The lowest BCUT2D eigenvalue weighted by Gasteiger charge is -2.26. The minimum atomic E-state index is -1.28.